The van der Waals surface area contributed by atoms with Crippen molar-refractivity contribution in [3.05, 3.63) is 33.1 Å². The maximum Gasteiger partial charge on any atom is 0.140 e. The van der Waals surface area contributed by atoms with Gasteiger partial charge in [-0.05, 0) is 31.5 Å². The molecule has 0 unspecified atom stereocenters. The van der Waals surface area contributed by atoms with Crippen LogP contribution >= 0.6 is 27.5 Å². The molecule has 14 heavy (non-hydrogen) atoms. The monoisotopic (exact) mass is 270 g/mol. The standard InChI is InChI=1S/C10H8BrClN2/c1-5-3-9-7(4-8(5)11)10(12)14-6(2)13-9/h3-4H,1-2H3. The molecule has 0 bridgehead atoms. The number of fused-ring (bicyclic) bond motifs is 1. The predicted octanol–water partition coefficient (Wildman–Crippen LogP) is 3.66. The number of hydrogen-bond donors (Lipinski definition) is 0. The molecule has 2 aromatic rings. The summed E-state index contributed by atoms with van der Waals surface area (Å²) >= 11 is 9.47. The Hall–Kier alpha value is -0.670. The molecule has 0 aliphatic rings. The second kappa shape index (κ2) is 3.48. The number of nitrogens with zero attached hydrogens (tertiary/aromatic N) is 2. The Balaban J connectivity index is 2.89. The van der Waals surface area contributed by atoms with Gasteiger partial charge in [0.05, 0.1) is 5.52 Å². The third kappa shape index (κ3) is 1.62. The highest BCUT2D eigenvalue weighted by Gasteiger charge is 2.05. The summed E-state index contributed by atoms with van der Waals surface area (Å²) in [6, 6.07) is 3.95. The molecule has 1 heterocycles. The summed E-state index contributed by atoms with van der Waals surface area (Å²) < 4.78 is 1.03. The van der Waals surface area contributed by atoms with E-state index in [1.165, 1.54) is 0 Å². The molecule has 0 fully saturated rings. The summed E-state index contributed by atoms with van der Waals surface area (Å²) in [7, 11) is 0. The van der Waals surface area contributed by atoms with E-state index < -0.39 is 0 Å². The maximum absolute atomic E-state index is 6.01. The van der Waals surface area contributed by atoms with E-state index in [4.69, 9.17) is 11.6 Å². The molecule has 1 aromatic heterocycles. The van der Waals surface area contributed by atoms with Gasteiger partial charge in [-0.1, -0.05) is 27.5 Å². The molecule has 0 N–H and O–H groups in total. The first kappa shape index (κ1) is 9.87. The van der Waals surface area contributed by atoms with Gasteiger partial charge in [0.25, 0.3) is 0 Å². The van der Waals surface area contributed by atoms with Crippen molar-refractivity contribution >= 4 is 38.4 Å². The van der Waals surface area contributed by atoms with Gasteiger partial charge in [0, 0.05) is 9.86 Å². The molecule has 0 saturated heterocycles. The average Bonchev–Trinajstić information content (AvgIpc) is 2.08. The van der Waals surface area contributed by atoms with Crippen molar-refractivity contribution in [3.63, 3.8) is 0 Å². The number of rotatable bonds is 0. The fraction of sp³-hybridized carbons (Fsp3) is 0.200. The summed E-state index contributed by atoms with van der Waals surface area (Å²) in [5.41, 5.74) is 2.04. The Morgan fingerprint density at radius 1 is 1.21 bits per heavy atom. The minimum atomic E-state index is 0.508. The van der Waals surface area contributed by atoms with Crippen molar-refractivity contribution in [2.45, 2.75) is 13.8 Å². The van der Waals surface area contributed by atoms with E-state index in [0.29, 0.717) is 11.0 Å². The van der Waals surface area contributed by atoms with Gasteiger partial charge < -0.3 is 0 Å². The minimum Gasteiger partial charge on any atom is -0.233 e. The SMILES string of the molecule is Cc1nc(Cl)c2cc(Br)c(C)cc2n1. The summed E-state index contributed by atoms with van der Waals surface area (Å²) in [5, 5.41) is 1.39. The molecule has 4 heteroatoms. The lowest BCUT2D eigenvalue weighted by Gasteiger charge is -2.04. The topological polar surface area (TPSA) is 25.8 Å². The number of aryl methyl sites for hydroxylation is 2. The predicted molar refractivity (Wildman–Crippen MR) is 61.7 cm³/mol. The van der Waals surface area contributed by atoms with Crippen LogP contribution in [0.2, 0.25) is 5.15 Å². The van der Waals surface area contributed by atoms with E-state index >= 15 is 0 Å². The van der Waals surface area contributed by atoms with Gasteiger partial charge in [-0.2, -0.15) is 0 Å². The summed E-state index contributed by atoms with van der Waals surface area (Å²) in [4.78, 5) is 8.43. The second-order valence-electron chi connectivity index (χ2n) is 3.18. The Morgan fingerprint density at radius 3 is 2.64 bits per heavy atom. The van der Waals surface area contributed by atoms with Crippen LogP contribution in [0.25, 0.3) is 10.9 Å². The normalized spacial score (nSPS) is 10.9. The van der Waals surface area contributed by atoms with Crippen LogP contribution in [0.4, 0.5) is 0 Å². The van der Waals surface area contributed by atoms with E-state index in [-0.39, 0.29) is 0 Å². The molecule has 0 aliphatic carbocycles. The first-order chi connectivity index (χ1) is 6.58. The Morgan fingerprint density at radius 2 is 1.93 bits per heavy atom. The van der Waals surface area contributed by atoms with Gasteiger partial charge in [0.15, 0.2) is 0 Å². The van der Waals surface area contributed by atoms with E-state index in [2.05, 4.69) is 25.9 Å². The largest absolute Gasteiger partial charge is 0.233 e. The Labute approximate surface area is 95.5 Å². The first-order valence-electron chi connectivity index (χ1n) is 4.18. The van der Waals surface area contributed by atoms with Crippen molar-refractivity contribution in [1.82, 2.24) is 9.97 Å². The number of halogens is 2. The van der Waals surface area contributed by atoms with E-state index in [9.17, 15) is 0 Å². The van der Waals surface area contributed by atoms with Crippen LogP contribution in [0.5, 0.6) is 0 Å². The second-order valence-corrected chi connectivity index (χ2v) is 4.39. The summed E-state index contributed by atoms with van der Waals surface area (Å²) in [5.74, 6) is 0.698. The highest BCUT2D eigenvalue weighted by atomic mass is 79.9. The fourth-order valence-corrected chi connectivity index (χ4v) is 1.94. The van der Waals surface area contributed by atoms with Crippen molar-refractivity contribution in [2.24, 2.45) is 0 Å². The quantitative estimate of drug-likeness (QED) is 0.683. The molecule has 2 rings (SSSR count). The van der Waals surface area contributed by atoms with Crippen LogP contribution in [0.3, 0.4) is 0 Å². The van der Waals surface area contributed by atoms with Gasteiger partial charge >= 0.3 is 0 Å². The van der Waals surface area contributed by atoms with Crippen molar-refractivity contribution in [3.8, 4) is 0 Å². The lowest BCUT2D eigenvalue weighted by Crippen LogP contribution is -1.91. The summed E-state index contributed by atoms with van der Waals surface area (Å²) in [6.45, 7) is 3.86. The van der Waals surface area contributed by atoms with Gasteiger partial charge in [0.1, 0.15) is 11.0 Å². The number of benzene rings is 1. The lowest BCUT2D eigenvalue weighted by molar-refractivity contribution is 1.09. The molecule has 0 spiro atoms. The third-order valence-electron chi connectivity index (χ3n) is 2.04. The third-order valence-corrected chi connectivity index (χ3v) is 3.18. The zero-order chi connectivity index (χ0) is 10.3. The van der Waals surface area contributed by atoms with Crippen LogP contribution in [-0.2, 0) is 0 Å². The van der Waals surface area contributed by atoms with Crippen LogP contribution in [0, 0.1) is 13.8 Å². The van der Waals surface area contributed by atoms with Gasteiger partial charge in [0.2, 0.25) is 0 Å². The summed E-state index contributed by atoms with van der Waals surface area (Å²) in [6.07, 6.45) is 0. The van der Waals surface area contributed by atoms with Crippen LogP contribution in [-0.4, -0.2) is 9.97 Å². The molecule has 0 aliphatic heterocycles. The maximum atomic E-state index is 6.01. The zero-order valence-corrected chi connectivity index (χ0v) is 10.1. The van der Waals surface area contributed by atoms with E-state index in [1.54, 1.807) is 0 Å². The van der Waals surface area contributed by atoms with Crippen LogP contribution in [0.1, 0.15) is 11.4 Å². The molecule has 0 amide bonds. The first-order valence-corrected chi connectivity index (χ1v) is 5.35. The molecule has 0 atom stereocenters. The Bertz CT molecular complexity index is 511. The molecule has 0 radical (unpaired) electrons. The van der Waals surface area contributed by atoms with Crippen LogP contribution < -0.4 is 0 Å². The minimum absolute atomic E-state index is 0.508. The number of aromatic nitrogens is 2. The highest BCUT2D eigenvalue weighted by molar-refractivity contribution is 9.10. The van der Waals surface area contributed by atoms with Crippen molar-refractivity contribution < 1.29 is 0 Å². The highest BCUT2D eigenvalue weighted by Crippen LogP contribution is 2.26. The van der Waals surface area contributed by atoms with Crippen LogP contribution in [0.15, 0.2) is 16.6 Å². The molecule has 1 aromatic carbocycles. The number of hydrogen-bond acceptors (Lipinski definition) is 2. The average molecular weight is 272 g/mol. The van der Waals surface area contributed by atoms with Gasteiger partial charge in [-0.3, -0.25) is 0 Å². The van der Waals surface area contributed by atoms with Crippen molar-refractivity contribution in [2.75, 3.05) is 0 Å². The van der Waals surface area contributed by atoms with Crippen molar-refractivity contribution in [1.29, 1.82) is 0 Å². The smallest absolute Gasteiger partial charge is 0.140 e. The lowest BCUT2D eigenvalue weighted by atomic mass is 10.2. The molecule has 0 saturated carbocycles. The molecular weight excluding hydrogens is 263 g/mol. The zero-order valence-electron chi connectivity index (χ0n) is 7.81. The molecular formula is C10H8BrClN2. The molecule has 72 valence electrons. The molecule has 2 nitrogen and oxygen atoms in total. The fourth-order valence-electron chi connectivity index (χ4n) is 1.33. The van der Waals surface area contributed by atoms with E-state index in [1.807, 2.05) is 26.0 Å². The van der Waals surface area contributed by atoms with Gasteiger partial charge in [-0.15, -0.1) is 0 Å². The van der Waals surface area contributed by atoms with Gasteiger partial charge in [-0.25, -0.2) is 9.97 Å². The van der Waals surface area contributed by atoms with E-state index in [0.717, 1.165) is 20.9 Å². The Kier molecular flexibility index (Phi) is 2.45.